The SMILES string of the molecule is Cc1ccc(-n2ncc3c(C(C)C)nn(CC(=O)NCc4ccc5c(c4)OCO5)c(=O)c32)cc1C. The van der Waals surface area contributed by atoms with Crippen molar-refractivity contribution < 1.29 is 14.3 Å². The van der Waals surface area contributed by atoms with Crippen LogP contribution in [0.15, 0.2) is 47.4 Å². The molecule has 0 saturated heterocycles. The van der Waals surface area contributed by atoms with Crippen LogP contribution >= 0.6 is 0 Å². The van der Waals surface area contributed by atoms with E-state index in [4.69, 9.17) is 9.47 Å². The molecule has 180 valence electrons. The van der Waals surface area contributed by atoms with E-state index in [-0.39, 0.29) is 30.7 Å². The molecule has 0 saturated carbocycles. The molecule has 35 heavy (non-hydrogen) atoms. The van der Waals surface area contributed by atoms with Crippen LogP contribution in [0.3, 0.4) is 0 Å². The fraction of sp³-hybridized carbons (Fsp3) is 0.308. The highest BCUT2D eigenvalue weighted by Crippen LogP contribution is 2.32. The maximum absolute atomic E-state index is 13.5. The molecule has 0 atom stereocenters. The van der Waals surface area contributed by atoms with Crippen molar-refractivity contribution in [3.8, 4) is 17.2 Å². The van der Waals surface area contributed by atoms with E-state index in [2.05, 4.69) is 15.5 Å². The maximum Gasteiger partial charge on any atom is 0.293 e. The summed E-state index contributed by atoms with van der Waals surface area (Å²) in [5.74, 6) is 1.06. The van der Waals surface area contributed by atoms with Gasteiger partial charge in [0.1, 0.15) is 12.1 Å². The van der Waals surface area contributed by atoms with Gasteiger partial charge in [-0.15, -0.1) is 0 Å². The summed E-state index contributed by atoms with van der Waals surface area (Å²) in [4.78, 5) is 26.3. The molecule has 3 heterocycles. The lowest BCUT2D eigenvalue weighted by molar-refractivity contribution is -0.122. The van der Waals surface area contributed by atoms with Crippen LogP contribution < -0.4 is 20.3 Å². The van der Waals surface area contributed by atoms with E-state index in [1.807, 2.05) is 64.1 Å². The van der Waals surface area contributed by atoms with E-state index < -0.39 is 0 Å². The first-order valence-electron chi connectivity index (χ1n) is 11.5. The second kappa shape index (κ2) is 8.90. The number of carbonyl (C=O) groups is 1. The Bertz CT molecular complexity index is 1500. The summed E-state index contributed by atoms with van der Waals surface area (Å²) in [6.45, 7) is 8.36. The number of amides is 1. The summed E-state index contributed by atoms with van der Waals surface area (Å²) < 4.78 is 13.6. The molecule has 0 bridgehead atoms. The minimum atomic E-state index is -0.363. The number of nitrogens with one attached hydrogen (secondary N) is 1. The minimum Gasteiger partial charge on any atom is -0.454 e. The van der Waals surface area contributed by atoms with E-state index in [0.29, 0.717) is 28.9 Å². The standard InChI is InChI=1S/C26H27N5O4/c1-15(2)24-20-12-28-31(19-7-5-16(3)17(4)9-19)25(20)26(33)30(29-24)13-23(32)27-11-18-6-8-21-22(10-18)35-14-34-21/h5-10,12,15H,11,13-14H2,1-4H3,(H,27,32). The molecular formula is C26H27N5O4. The summed E-state index contributed by atoms with van der Waals surface area (Å²) in [6.07, 6.45) is 1.68. The smallest absolute Gasteiger partial charge is 0.293 e. The van der Waals surface area contributed by atoms with Gasteiger partial charge in [0.05, 0.1) is 17.6 Å². The molecule has 2 aromatic heterocycles. The first kappa shape index (κ1) is 22.6. The maximum atomic E-state index is 13.5. The molecule has 0 aliphatic carbocycles. The van der Waals surface area contributed by atoms with Crippen LogP contribution in [0.25, 0.3) is 16.6 Å². The van der Waals surface area contributed by atoms with Crippen molar-refractivity contribution in [3.05, 3.63) is 75.3 Å². The Morgan fingerprint density at radius 1 is 1.09 bits per heavy atom. The van der Waals surface area contributed by atoms with Gasteiger partial charge in [-0.05, 0) is 60.7 Å². The molecule has 2 aromatic carbocycles. The van der Waals surface area contributed by atoms with Crippen LogP contribution in [0.2, 0.25) is 0 Å². The third-order valence-electron chi connectivity index (χ3n) is 6.21. The van der Waals surface area contributed by atoms with Gasteiger partial charge in [-0.2, -0.15) is 10.2 Å². The Hall–Kier alpha value is -4.14. The average Bonchev–Trinajstić information content (AvgIpc) is 3.48. The van der Waals surface area contributed by atoms with Crippen molar-refractivity contribution in [2.45, 2.75) is 46.7 Å². The van der Waals surface area contributed by atoms with E-state index in [1.54, 1.807) is 10.9 Å². The normalized spacial score (nSPS) is 12.5. The van der Waals surface area contributed by atoms with Crippen LogP contribution in [0, 0.1) is 13.8 Å². The molecule has 0 spiro atoms. The Balaban J connectivity index is 1.45. The van der Waals surface area contributed by atoms with E-state index >= 15 is 0 Å². The van der Waals surface area contributed by atoms with Gasteiger partial charge in [0, 0.05) is 11.9 Å². The molecule has 9 heteroatoms. The van der Waals surface area contributed by atoms with Crippen molar-refractivity contribution in [3.63, 3.8) is 0 Å². The van der Waals surface area contributed by atoms with Gasteiger partial charge >= 0.3 is 0 Å². The molecular weight excluding hydrogens is 446 g/mol. The molecule has 1 N–H and O–H groups in total. The predicted octanol–water partition coefficient (Wildman–Crippen LogP) is 3.37. The Morgan fingerprint density at radius 3 is 2.66 bits per heavy atom. The van der Waals surface area contributed by atoms with Crippen LogP contribution in [-0.2, 0) is 17.9 Å². The molecule has 1 aliphatic heterocycles. The lowest BCUT2D eigenvalue weighted by atomic mass is 10.1. The van der Waals surface area contributed by atoms with Gasteiger partial charge in [-0.1, -0.05) is 26.0 Å². The van der Waals surface area contributed by atoms with Crippen molar-refractivity contribution in [1.82, 2.24) is 24.9 Å². The van der Waals surface area contributed by atoms with Crippen molar-refractivity contribution in [1.29, 1.82) is 0 Å². The number of aryl methyl sites for hydroxylation is 2. The quantitative estimate of drug-likeness (QED) is 0.461. The van der Waals surface area contributed by atoms with Crippen LogP contribution in [0.4, 0.5) is 0 Å². The summed E-state index contributed by atoms with van der Waals surface area (Å²) in [6, 6.07) is 11.4. The van der Waals surface area contributed by atoms with Gasteiger partial charge in [-0.3, -0.25) is 9.59 Å². The van der Waals surface area contributed by atoms with Gasteiger partial charge in [0.15, 0.2) is 11.5 Å². The zero-order chi connectivity index (χ0) is 24.7. The molecule has 0 fully saturated rings. The number of hydrogen-bond acceptors (Lipinski definition) is 6. The fourth-order valence-corrected chi connectivity index (χ4v) is 4.12. The van der Waals surface area contributed by atoms with Crippen molar-refractivity contribution in [2.24, 2.45) is 0 Å². The number of ether oxygens (including phenoxy) is 2. The van der Waals surface area contributed by atoms with Crippen LogP contribution in [-0.4, -0.2) is 32.3 Å². The largest absolute Gasteiger partial charge is 0.454 e. The Labute approximate surface area is 202 Å². The van der Waals surface area contributed by atoms with E-state index in [9.17, 15) is 9.59 Å². The highest BCUT2D eigenvalue weighted by Gasteiger charge is 2.20. The molecule has 9 nitrogen and oxygen atoms in total. The van der Waals surface area contributed by atoms with Gasteiger partial charge in [0.2, 0.25) is 12.7 Å². The second-order valence-electron chi connectivity index (χ2n) is 9.05. The monoisotopic (exact) mass is 473 g/mol. The number of aromatic nitrogens is 4. The Morgan fingerprint density at radius 2 is 1.89 bits per heavy atom. The van der Waals surface area contributed by atoms with Gasteiger partial charge in [-0.25, -0.2) is 9.36 Å². The zero-order valence-electron chi connectivity index (χ0n) is 20.2. The summed E-state index contributed by atoms with van der Waals surface area (Å²) in [7, 11) is 0. The summed E-state index contributed by atoms with van der Waals surface area (Å²) in [5.41, 5.74) is 4.69. The van der Waals surface area contributed by atoms with Crippen molar-refractivity contribution >= 4 is 16.8 Å². The average molecular weight is 474 g/mol. The number of rotatable bonds is 6. The molecule has 1 amide bonds. The number of fused-ring (bicyclic) bond motifs is 2. The summed E-state index contributed by atoms with van der Waals surface area (Å²) >= 11 is 0. The van der Waals surface area contributed by atoms with Crippen molar-refractivity contribution in [2.75, 3.05) is 6.79 Å². The third-order valence-corrected chi connectivity index (χ3v) is 6.21. The minimum absolute atomic E-state index is 0.0402. The third kappa shape index (κ3) is 4.25. The highest BCUT2D eigenvalue weighted by atomic mass is 16.7. The van der Waals surface area contributed by atoms with Crippen LogP contribution in [0.5, 0.6) is 11.5 Å². The zero-order valence-corrected chi connectivity index (χ0v) is 20.2. The molecule has 4 aromatic rings. The first-order chi connectivity index (χ1) is 16.8. The first-order valence-corrected chi connectivity index (χ1v) is 11.5. The highest BCUT2D eigenvalue weighted by molar-refractivity contribution is 5.82. The topological polar surface area (TPSA) is 100 Å². The predicted molar refractivity (Wildman–Crippen MR) is 131 cm³/mol. The molecule has 0 unspecified atom stereocenters. The number of nitrogens with zero attached hydrogens (tertiary/aromatic N) is 4. The van der Waals surface area contributed by atoms with Crippen LogP contribution in [0.1, 0.15) is 42.1 Å². The molecule has 0 radical (unpaired) electrons. The molecule has 5 rings (SSSR count). The lowest BCUT2D eigenvalue weighted by Gasteiger charge is -2.13. The van der Waals surface area contributed by atoms with Gasteiger partial charge in [0.25, 0.3) is 5.56 Å². The number of benzene rings is 2. The van der Waals surface area contributed by atoms with E-state index in [1.165, 1.54) is 4.68 Å². The molecule has 1 aliphatic rings. The number of hydrogen-bond donors (Lipinski definition) is 1. The second-order valence-corrected chi connectivity index (χ2v) is 9.05. The summed E-state index contributed by atoms with van der Waals surface area (Å²) in [5, 5.41) is 12.6. The Kier molecular flexibility index (Phi) is 5.76. The fourth-order valence-electron chi connectivity index (χ4n) is 4.12. The lowest BCUT2D eigenvalue weighted by Crippen LogP contribution is -2.34. The van der Waals surface area contributed by atoms with Gasteiger partial charge < -0.3 is 14.8 Å². The number of carbonyl (C=O) groups excluding carboxylic acids is 1. The van der Waals surface area contributed by atoms with E-state index in [0.717, 1.165) is 28.1 Å².